The van der Waals surface area contributed by atoms with Gasteiger partial charge in [-0.15, -0.1) is 0 Å². The van der Waals surface area contributed by atoms with Crippen molar-refractivity contribution in [2.24, 2.45) is 10.9 Å². The number of amides is 1. The summed E-state index contributed by atoms with van der Waals surface area (Å²) in [7, 11) is -3.86. The number of primary sulfonamides is 1. The Bertz CT molecular complexity index is 1280. The summed E-state index contributed by atoms with van der Waals surface area (Å²) < 4.78 is 23.6. The molecule has 158 valence electrons. The lowest BCUT2D eigenvalue weighted by molar-refractivity contribution is -0.112. The number of benzene rings is 3. The number of hydrogen-bond acceptors (Lipinski definition) is 4. The fraction of sp³-hybridized carbons (Fsp3) is 0.0435. The van der Waals surface area contributed by atoms with Gasteiger partial charge in [-0.3, -0.25) is 10.2 Å². The molecule has 7 nitrogen and oxygen atoms in total. The fourth-order valence-corrected chi connectivity index (χ4v) is 3.79. The summed E-state index contributed by atoms with van der Waals surface area (Å²) in [6.45, 7) is 1.69. The van der Waals surface area contributed by atoms with E-state index in [4.69, 9.17) is 16.3 Å². The number of carbonyl (C=O) groups excluding carboxylic acids is 1. The van der Waals surface area contributed by atoms with E-state index in [1.165, 1.54) is 6.07 Å². The number of nitrogen functional groups attached to an aromatic ring is 1. The Balaban J connectivity index is 1.78. The Morgan fingerprint density at radius 3 is 2.32 bits per heavy atom. The van der Waals surface area contributed by atoms with Crippen LogP contribution in [0.15, 0.2) is 83.3 Å². The molecule has 0 spiro atoms. The van der Waals surface area contributed by atoms with Gasteiger partial charge in [-0.1, -0.05) is 48.5 Å². The lowest BCUT2D eigenvalue weighted by Gasteiger charge is -2.10. The second kappa shape index (κ2) is 8.95. The lowest BCUT2D eigenvalue weighted by Crippen LogP contribution is -2.13. The van der Waals surface area contributed by atoms with E-state index in [-0.39, 0.29) is 16.6 Å². The maximum absolute atomic E-state index is 12.5. The molecule has 3 aromatic carbocycles. The minimum atomic E-state index is -3.86. The van der Waals surface area contributed by atoms with Crippen LogP contribution in [-0.2, 0) is 14.8 Å². The van der Waals surface area contributed by atoms with E-state index in [0.717, 1.165) is 5.56 Å². The van der Waals surface area contributed by atoms with Crippen LogP contribution in [0.25, 0.3) is 17.2 Å². The maximum atomic E-state index is 12.5. The van der Waals surface area contributed by atoms with Crippen molar-refractivity contribution in [3.05, 3.63) is 89.5 Å². The van der Waals surface area contributed by atoms with Gasteiger partial charge in [0.25, 0.3) is 5.91 Å². The SMILES string of the molecule is C/C(=C\c1cccc(C(=N)N)c1)C(=O)Nc1ccc(-c2ccccc2S(N)(=O)=O)cc1. The minimum absolute atomic E-state index is 0.0401. The van der Waals surface area contributed by atoms with E-state index in [9.17, 15) is 13.2 Å². The maximum Gasteiger partial charge on any atom is 0.251 e. The first-order valence-electron chi connectivity index (χ1n) is 9.31. The first-order valence-corrected chi connectivity index (χ1v) is 10.9. The Kier molecular flexibility index (Phi) is 6.33. The number of carbonyl (C=O) groups is 1. The molecule has 3 rings (SSSR count). The number of nitrogens with one attached hydrogen (secondary N) is 2. The Labute approximate surface area is 181 Å². The van der Waals surface area contributed by atoms with Crippen LogP contribution in [0.3, 0.4) is 0 Å². The standard InChI is InChI=1S/C23H22N4O3S/c1-15(13-16-5-4-6-18(14-16)22(24)25)23(28)27-19-11-9-17(10-12-19)20-7-2-3-8-21(20)31(26,29)30/h2-14H,1H3,(H3,24,25)(H,27,28)(H2,26,29,30)/b15-13+. The van der Waals surface area contributed by atoms with E-state index in [1.807, 2.05) is 6.07 Å². The van der Waals surface area contributed by atoms with Gasteiger partial charge in [0, 0.05) is 22.4 Å². The first-order chi connectivity index (χ1) is 14.6. The van der Waals surface area contributed by atoms with Crippen LogP contribution >= 0.6 is 0 Å². The molecule has 0 unspecified atom stereocenters. The fourth-order valence-electron chi connectivity index (χ4n) is 3.03. The monoisotopic (exact) mass is 434 g/mol. The van der Waals surface area contributed by atoms with Gasteiger partial charge in [-0.2, -0.15) is 0 Å². The zero-order valence-corrected chi connectivity index (χ0v) is 17.6. The molecular weight excluding hydrogens is 412 g/mol. The summed E-state index contributed by atoms with van der Waals surface area (Å²) in [5, 5.41) is 15.6. The lowest BCUT2D eigenvalue weighted by atomic mass is 10.1. The van der Waals surface area contributed by atoms with Crippen molar-refractivity contribution in [1.82, 2.24) is 0 Å². The molecule has 0 aliphatic rings. The van der Waals surface area contributed by atoms with Crippen LogP contribution in [0.4, 0.5) is 5.69 Å². The number of nitrogens with two attached hydrogens (primary N) is 2. The third kappa shape index (κ3) is 5.44. The van der Waals surface area contributed by atoms with Crippen molar-refractivity contribution in [2.45, 2.75) is 11.8 Å². The molecule has 0 saturated heterocycles. The van der Waals surface area contributed by atoms with Gasteiger partial charge in [0.2, 0.25) is 10.0 Å². The van der Waals surface area contributed by atoms with Gasteiger partial charge >= 0.3 is 0 Å². The van der Waals surface area contributed by atoms with E-state index in [0.29, 0.717) is 28.0 Å². The highest BCUT2D eigenvalue weighted by Crippen LogP contribution is 2.27. The molecular formula is C23H22N4O3S. The number of rotatable bonds is 6. The van der Waals surface area contributed by atoms with Gasteiger partial charge in [-0.05, 0) is 48.4 Å². The molecule has 0 aliphatic heterocycles. The number of hydrogen-bond donors (Lipinski definition) is 4. The molecule has 0 atom stereocenters. The smallest absolute Gasteiger partial charge is 0.251 e. The van der Waals surface area contributed by atoms with Crippen LogP contribution in [0.1, 0.15) is 18.1 Å². The predicted molar refractivity (Wildman–Crippen MR) is 123 cm³/mol. The summed E-state index contributed by atoms with van der Waals surface area (Å²) >= 11 is 0. The summed E-state index contributed by atoms with van der Waals surface area (Å²) in [5.74, 6) is -0.327. The summed E-state index contributed by atoms with van der Waals surface area (Å²) in [6, 6.07) is 20.3. The van der Waals surface area contributed by atoms with Crippen LogP contribution in [0, 0.1) is 5.41 Å². The van der Waals surface area contributed by atoms with E-state index in [1.54, 1.807) is 73.7 Å². The molecule has 0 fully saturated rings. The van der Waals surface area contributed by atoms with Gasteiger partial charge in [0.15, 0.2) is 0 Å². The Hall–Kier alpha value is -3.75. The molecule has 0 radical (unpaired) electrons. The molecule has 1 amide bonds. The van der Waals surface area contributed by atoms with E-state index >= 15 is 0 Å². The predicted octanol–water partition coefficient (Wildman–Crippen LogP) is 3.33. The number of anilines is 1. The van der Waals surface area contributed by atoms with Crippen molar-refractivity contribution in [3.8, 4) is 11.1 Å². The van der Waals surface area contributed by atoms with Gasteiger partial charge in [0.05, 0.1) is 4.90 Å². The van der Waals surface area contributed by atoms with Gasteiger partial charge in [-0.25, -0.2) is 13.6 Å². The third-order valence-electron chi connectivity index (χ3n) is 4.59. The van der Waals surface area contributed by atoms with Crippen molar-refractivity contribution in [3.63, 3.8) is 0 Å². The number of amidine groups is 1. The zero-order chi connectivity index (χ0) is 22.6. The molecule has 8 heteroatoms. The molecule has 0 aliphatic carbocycles. The van der Waals surface area contributed by atoms with Crippen molar-refractivity contribution < 1.29 is 13.2 Å². The van der Waals surface area contributed by atoms with Gasteiger partial charge < -0.3 is 11.1 Å². The van der Waals surface area contributed by atoms with Gasteiger partial charge in [0.1, 0.15) is 5.84 Å². The normalized spacial score (nSPS) is 11.7. The Morgan fingerprint density at radius 1 is 1.00 bits per heavy atom. The molecule has 31 heavy (non-hydrogen) atoms. The molecule has 6 N–H and O–H groups in total. The quantitative estimate of drug-likeness (QED) is 0.268. The molecule has 0 saturated carbocycles. The summed E-state index contributed by atoms with van der Waals surface area (Å²) in [5.41, 5.74) is 9.04. The Morgan fingerprint density at radius 2 is 1.68 bits per heavy atom. The third-order valence-corrected chi connectivity index (χ3v) is 5.56. The molecule has 3 aromatic rings. The second-order valence-electron chi connectivity index (χ2n) is 6.94. The molecule has 0 bridgehead atoms. The summed E-state index contributed by atoms with van der Waals surface area (Å²) in [4.78, 5) is 12.6. The average Bonchev–Trinajstić information content (AvgIpc) is 2.74. The van der Waals surface area contributed by atoms with Crippen LogP contribution in [0.2, 0.25) is 0 Å². The molecule has 0 heterocycles. The van der Waals surface area contributed by atoms with Crippen LogP contribution < -0.4 is 16.2 Å². The minimum Gasteiger partial charge on any atom is -0.384 e. The van der Waals surface area contributed by atoms with E-state index in [2.05, 4.69) is 5.32 Å². The highest BCUT2D eigenvalue weighted by molar-refractivity contribution is 7.89. The van der Waals surface area contributed by atoms with Crippen molar-refractivity contribution in [1.29, 1.82) is 5.41 Å². The first kappa shape index (κ1) is 21.9. The highest BCUT2D eigenvalue weighted by atomic mass is 32.2. The van der Waals surface area contributed by atoms with Crippen LogP contribution in [0.5, 0.6) is 0 Å². The average molecular weight is 435 g/mol. The highest BCUT2D eigenvalue weighted by Gasteiger charge is 2.14. The zero-order valence-electron chi connectivity index (χ0n) is 16.8. The van der Waals surface area contributed by atoms with Crippen molar-refractivity contribution >= 4 is 33.5 Å². The van der Waals surface area contributed by atoms with E-state index < -0.39 is 10.0 Å². The van der Waals surface area contributed by atoms with Crippen LogP contribution in [-0.4, -0.2) is 20.2 Å². The molecule has 0 aromatic heterocycles. The van der Waals surface area contributed by atoms with Crippen molar-refractivity contribution in [2.75, 3.05) is 5.32 Å². The second-order valence-corrected chi connectivity index (χ2v) is 8.47. The topological polar surface area (TPSA) is 139 Å². The number of sulfonamides is 1. The summed E-state index contributed by atoms with van der Waals surface area (Å²) in [6.07, 6.45) is 1.71. The largest absolute Gasteiger partial charge is 0.384 e.